The van der Waals surface area contributed by atoms with E-state index < -0.39 is 5.95 Å². The van der Waals surface area contributed by atoms with E-state index in [1.54, 1.807) is 6.20 Å². The fraction of sp³-hybridized carbons (Fsp3) is 0.583. The fourth-order valence-electron chi connectivity index (χ4n) is 2.42. The van der Waals surface area contributed by atoms with Gasteiger partial charge < -0.3 is 0 Å². The maximum atomic E-state index is 12.8. The molecule has 0 aliphatic carbocycles. The minimum atomic E-state index is -0.403. The molecule has 1 aromatic rings. The van der Waals surface area contributed by atoms with E-state index in [0.717, 1.165) is 29.7 Å². The van der Waals surface area contributed by atoms with E-state index in [1.165, 1.54) is 12.5 Å². The molecule has 3 heterocycles. The summed E-state index contributed by atoms with van der Waals surface area (Å²) in [6, 6.07) is 3.30. The molecule has 1 N–H and O–H groups in total. The summed E-state index contributed by atoms with van der Waals surface area (Å²) in [5.41, 5.74) is 0. The number of ether oxygens (including phenoxy) is 1. The van der Waals surface area contributed by atoms with Crippen molar-refractivity contribution >= 4 is 0 Å². The first-order valence-electron chi connectivity index (χ1n) is 5.88. The molecule has 0 saturated carbocycles. The van der Waals surface area contributed by atoms with Crippen LogP contribution in [-0.2, 0) is 4.74 Å². The molecule has 0 amide bonds. The Morgan fingerprint density at radius 3 is 3.29 bits per heavy atom. The Labute approximate surface area is 110 Å². The number of hydrogen-bond acceptors (Lipinski definition) is 3. The topological polar surface area (TPSA) is 34.1 Å². The fourth-order valence-corrected chi connectivity index (χ4v) is 5.83. The van der Waals surface area contributed by atoms with Gasteiger partial charge in [-0.05, 0) is 0 Å². The van der Waals surface area contributed by atoms with Crippen LogP contribution in [0.5, 0.6) is 0 Å². The number of alkyl halides is 1. The van der Waals surface area contributed by atoms with Gasteiger partial charge in [0, 0.05) is 0 Å². The summed E-state index contributed by atoms with van der Waals surface area (Å²) in [5.74, 6) is 0.303. The van der Waals surface area contributed by atoms with Crippen LogP contribution in [0.3, 0.4) is 0 Å². The summed E-state index contributed by atoms with van der Waals surface area (Å²) in [6.45, 7) is 2.94. The summed E-state index contributed by atoms with van der Waals surface area (Å²) < 4.78 is 20.0. The number of aromatic nitrogens is 1. The Morgan fingerprint density at radius 2 is 2.47 bits per heavy atom. The second kappa shape index (κ2) is 4.78. The van der Waals surface area contributed by atoms with Gasteiger partial charge in [0.05, 0.1) is 0 Å². The number of rotatable bonds is 2. The molecule has 0 aromatic carbocycles. The zero-order chi connectivity index (χ0) is 11.7. The number of pyridine rings is 1. The van der Waals surface area contributed by atoms with Gasteiger partial charge in [0.2, 0.25) is 0 Å². The summed E-state index contributed by atoms with van der Waals surface area (Å²) >= 11 is -0.284. The SMILES string of the molecule is Fc1ccc([I-]C23CNCCC(CO2)C3)cn1. The van der Waals surface area contributed by atoms with Crippen molar-refractivity contribution in [1.82, 2.24) is 10.3 Å². The van der Waals surface area contributed by atoms with Crippen molar-refractivity contribution in [3.63, 3.8) is 0 Å². The van der Waals surface area contributed by atoms with E-state index in [1.807, 2.05) is 6.07 Å². The van der Waals surface area contributed by atoms with Crippen molar-refractivity contribution in [3.8, 4) is 0 Å². The van der Waals surface area contributed by atoms with Crippen LogP contribution in [0.2, 0.25) is 0 Å². The molecular formula is C12H15FIN2O-. The first-order chi connectivity index (χ1) is 8.26. The third-order valence-corrected chi connectivity index (χ3v) is 6.64. The molecule has 2 atom stereocenters. The second-order valence-corrected chi connectivity index (χ2v) is 8.37. The van der Waals surface area contributed by atoms with Crippen LogP contribution < -0.4 is 26.5 Å². The number of fused-ring (bicyclic) bond motifs is 2. The molecule has 2 aliphatic heterocycles. The minimum absolute atomic E-state index is 0.0134. The van der Waals surface area contributed by atoms with E-state index in [-0.39, 0.29) is 24.8 Å². The maximum absolute atomic E-state index is 12.8. The van der Waals surface area contributed by atoms with Gasteiger partial charge in [0.25, 0.3) is 0 Å². The standard InChI is InChI=1S/C12H15FIN2O/c13-11-2-1-10(6-16-11)14-12-5-9(7-17-12)3-4-15-8-12/h1-2,6,9,15H,3-5,7-8H2/q-1. The summed E-state index contributed by atoms with van der Waals surface area (Å²) in [6.07, 6.45) is 4.04. The molecule has 17 heavy (non-hydrogen) atoms. The van der Waals surface area contributed by atoms with E-state index in [9.17, 15) is 4.39 Å². The molecule has 3 nitrogen and oxygen atoms in total. The average Bonchev–Trinajstić information content (AvgIpc) is 2.58. The van der Waals surface area contributed by atoms with Gasteiger partial charge in [0.15, 0.2) is 0 Å². The summed E-state index contributed by atoms with van der Waals surface area (Å²) in [5, 5.41) is 3.46. The number of nitrogens with zero attached hydrogens (tertiary/aromatic N) is 1. The van der Waals surface area contributed by atoms with Crippen molar-refractivity contribution in [2.24, 2.45) is 5.92 Å². The second-order valence-electron chi connectivity index (χ2n) is 4.62. The molecule has 5 heteroatoms. The summed E-state index contributed by atoms with van der Waals surface area (Å²) in [7, 11) is 0. The van der Waals surface area contributed by atoms with Gasteiger partial charge in [-0.1, -0.05) is 0 Å². The Morgan fingerprint density at radius 1 is 1.53 bits per heavy atom. The van der Waals surface area contributed by atoms with Crippen molar-refractivity contribution in [2.75, 3.05) is 19.7 Å². The third kappa shape index (κ3) is 2.61. The predicted molar refractivity (Wildman–Crippen MR) is 57.2 cm³/mol. The van der Waals surface area contributed by atoms with E-state index in [4.69, 9.17) is 4.74 Å². The molecule has 2 fully saturated rings. The van der Waals surface area contributed by atoms with Gasteiger partial charge in [-0.25, -0.2) is 0 Å². The Kier molecular flexibility index (Phi) is 3.32. The molecule has 3 rings (SSSR count). The van der Waals surface area contributed by atoms with Crippen LogP contribution >= 0.6 is 0 Å². The van der Waals surface area contributed by atoms with E-state index in [2.05, 4.69) is 10.3 Å². The van der Waals surface area contributed by atoms with Crippen LogP contribution in [0.1, 0.15) is 12.8 Å². The zero-order valence-electron chi connectivity index (χ0n) is 9.46. The van der Waals surface area contributed by atoms with E-state index >= 15 is 0 Å². The molecule has 2 aliphatic rings. The van der Waals surface area contributed by atoms with Crippen molar-refractivity contribution in [2.45, 2.75) is 16.4 Å². The van der Waals surface area contributed by atoms with Crippen molar-refractivity contribution in [1.29, 1.82) is 0 Å². The first kappa shape index (κ1) is 11.8. The van der Waals surface area contributed by atoms with Crippen LogP contribution in [0.15, 0.2) is 18.3 Å². The average molecular weight is 349 g/mol. The van der Waals surface area contributed by atoms with Crippen LogP contribution in [0.4, 0.5) is 4.39 Å². The van der Waals surface area contributed by atoms with Crippen molar-refractivity contribution < 1.29 is 30.3 Å². The quantitative estimate of drug-likeness (QED) is 0.389. The van der Waals surface area contributed by atoms with Gasteiger partial charge in [-0.2, -0.15) is 0 Å². The molecule has 2 saturated heterocycles. The van der Waals surface area contributed by atoms with Crippen LogP contribution in [-0.4, -0.2) is 28.3 Å². The normalized spacial score (nSPS) is 32.6. The first-order valence-corrected chi connectivity index (χ1v) is 8.04. The molecule has 2 bridgehead atoms. The monoisotopic (exact) mass is 349 g/mol. The van der Waals surface area contributed by atoms with Crippen molar-refractivity contribution in [3.05, 3.63) is 27.8 Å². The Balaban J connectivity index is 1.76. The molecule has 1 aromatic heterocycles. The molecule has 0 radical (unpaired) electrons. The third-order valence-electron chi connectivity index (χ3n) is 3.26. The number of nitrogens with one attached hydrogen (secondary N) is 1. The molecule has 0 spiro atoms. The van der Waals surface area contributed by atoms with Gasteiger partial charge in [0.1, 0.15) is 0 Å². The van der Waals surface area contributed by atoms with Gasteiger partial charge in [-0.3, -0.25) is 0 Å². The zero-order valence-corrected chi connectivity index (χ0v) is 11.6. The molecule has 2 unspecified atom stereocenters. The molecule has 94 valence electrons. The van der Waals surface area contributed by atoms with Crippen LogP contribution in [0.25, 0.3) is 0 Å². The van der Waals surface area contributed by atoms with Crippen LogP contribution in [0, 0.1) is 15.4 Å². The Bertz CT molecular complexity index is 400. The molecular weight excluding hydrogens is 334 g/mol. The number of hydrogen-bond donors (Lipinski definition) is 1. The van der Waals surface area contributed by atoms with Gasteiger partial charge in [-0.15, -0.1) is 0 Å². The Hall–Kier alpha value is -0.270. The van der Waals surface area contributed by atoms with Gasteiger partial charge >= 0.3 is 111 Å². The predicted octanol–water partition coefficient (Wildman–Crippen LogP) is -1.79. The van der Waals surface area contributed by atoms with E-state index in [0.29, 0.717) is 5.92 Å². The summed E-state index contributed by atoms with van der Waals surface area (Å²) in [4.78, 5) is 3.73. The number of halogens is 2.